The molecule has 0 saturated heterocycles. The van der Waals surface area contributed by atoms with Gasteiger partial charge >= 0.3 is 5.97 Å². The first kappa shape index (κ1) is 13.8. The number of unbranched alkanes of at least 4 members (excludes halogenated alkanes) is 2. The summed E-state index contributed by atoms with van der Waals surface area (Å²) < 4.78 is 0. The number of rotatable bonds is 9. The van der Waals surface area contributed by atoms with Gasteiger partial charge in [0.1, 0.15) is 0 Å². The highest BCUT2D eigenvalue weighted by Crippen LogP contribution is 2.09. The fourth-order valence-corrected chi connectivity index (χ4v) is 2.18. The Kier molecular flexibility index (Phi) is 9.19. The van der Waals surface area contributed by atoms with Crippen molar-refractivity contribution in [3.05, 3.63) is 0 Å². The number of carbonyl (C=O) groups is 1. The van der Waals surface area contributed by atoms with Crippen LogP contribution < -0.4 is 5.73 Å². The first-order chi connectivity index (χ1) is 6.63. The van der Waals surface area contributed by atoms with Crippen LogP contribution in [-0.2, 0) is 4.79 Å². The predicted octanol–water partition coefficient (Wildman–Crippen LogP) is 2.10. The molecule has 4 heteroatoms. The minimum Gasteiger partial charge on any atom is -0.481 e. The molecule has 0 aliphatic heterocycles. The summed E-state index contributed by atoms with van der Waals surface area (Å²) in [7, 11) is 0. The van der Waals surface area contributed by atoms with Crippen molar-refractivity contribution in [2.75, 3.05) is 11.5 Å². The molecule has 0 aromatic heterocycles. The minimum absolute atomic E-state index is 0.300. The van der Waals surface area contributed by atoms with E-state index >= 15 is 0 Å². The quantitative estimate of drug-likeness (QED) is 0.583. The second-order valence-electron chi connectivity index (χ2n) is 3.58. The molecule has 0 radical (unpaired) electrons. The molecule has 0 spiro atoms. The van der Waals surface area contributed by atoms with Gasteiger partial charge in [0, 0.05) is 12.5 Å². The van der Waals surface area contributed by atoms with E-state index in [4.69, 9.17) is 10.8 Å². The summed E-state index contributed by atoms with van der Waals surface area (Å²) in [6, 6.07) is 0.300. The summed E-state index contributed by atoms with van der Waals surface area (Å²) in [5.74, 6) is 1.57. The molecule has 1 atom stereocenters. The van der Waals surface area contributed by atoms with E-state index in [9.17, 15) is 4.79 Å². The Morgan fingerprint density at radius 3 is 2.64 bits per heavy atom. The van der Waals surface area contributed by atoms with E-state index in [0.717, 1.165) is 37.2 Å². The number of carboxylic acid groups (broad SMARTS) is 1. The summed E-state index contributed by atoms with van der Waals surface area (Å²) in [5.41, 5.74) is 5.61. The van der Waals surface area contributed by atoms with E-state index in [2.05, 4.69) is 0 Å². The van der Waals surface area contributed by atoms with Crippen LogP contribution in [0.1, 0.15) is 39.0 Å². The fourth-order valence-electron chi connectivity index (χ4n) is 1.03. The lowest BCUT2D eigenvalue weighted by Crippen LogP contribution is -2.15. The van der Waals surface area contributed by atoms with Gasteiger partial charge < -0.3 is 10.8 Å². The molecular weight excluding hydrogens is 198 g/mol. The maximum atomic E-state index is 10.2. The van der Waals surface area contributed by atoms with Crippen molar-refractivity contribution in [3.8, 4) is 0 Å². The zero-order valence-corrected chi connectivity index (χ0v) is 9.68. The molecule has 0 heterocycles. The van der Waals surface area contributed by atoms with Crippen molar-refractivity contribution < 1.29 is 9.90 Å². The van der Waals surface area contributed by atoms with Crippen LogP contribution in [0, 0.1) is 0 Å². The third kappa shape index (κ3) is 11.8. The molecule has 1 unspecified atom stereocenters. The maximum absolute atomic E-state index is 10.2. The summed E-state index contributed by atoms with van der Waals surface area (Å²) in [5, 5.41) is 8.40. The zero-order chi connectivity index (χ0) is 10.8. The molecule has 0 aromatic rings. The van der Waals surface area contributed by atoms with Crippen molar-refractivity contribution in [2.24, 2.45) is 5.73 Å². The summed E-state index contributed by atoms with van der Waals surface area (Å²) in [6.07, 6.45) is 4.34. The van der Waals surface area contributed by atoms with Crippen LogP contribution in [0.5, 0.6) is 0 Å². The van der Waals surface area contributed by atoms with Crippen LogP contribution in [0.3, 0.4) is 0 Å². The first-order valence-corrected chi connectivity index (χ1v) is 6.33. The van der Waals surface area contributed by atoms with Gasteiger partial charge in [-0.05, 0) is 37.7 Å². The Bertz CT molecular complexity index is 151. The number of hydrogen-bond donors (Lipinski definition) is 2. The van der Waals surface area contributed by atoms with Gasteiger partial charge in [-0.15, -0.1) is 0 Å². The van der Waals surface area contributed by atoms with Crippen LogP contribution >= 0.6 is 11.8 Å². The van der Waals surface area contributed by atoms with Crippen LogP contribution in [0.2, 0.25) is 0 Å². The molecule has 0 aliphatic carbocycles. The molecule has 0 bridgehead atoms. The molecule has 0 rings (SSSR count). The van der Waals surface area contributed by atoms with Crippen molar-refractivity contribution in [1.82, 2.24) is 0 Å². The van der Waals surface area contributed by atoms with E-state index in [1.807, 2.05) is 18.7 Å². The Hall–Kier alpha value is -0.220. The van der Waals surface area contributed by atoms with Gasteiger partial charge in [-0.25, -0.2) is 0 Å². The van der Waals surface area contributed by atoms with Crippen LogP contribution in [-0.4, -0.2) is 28.6 Å². The first-order valence-electron chi connectivity index (χ1n) is 5.18. The lowest BCUT2D eigenvalue weighted by Gasteiger charge is -2.04. The smallest absolute Gasteiger partial charge is 0.303 e. The molecule has 3 nitrogen and oxygen atoms in total. The van der Waals surface area contributed by atoms with E-state index in [1.165, 1.54) is 0 Å². The van der Waals surface area contributed by atoms with E-state index in [0.29, 0.717) is 12.5 Å². The molecule has 84 valence electrons. The number of aliphatic carboxylic acids is 1. The molecule has 3 N–H and O–H groups in total. The molecular formula is C10H21NO2S. The normalized spacial score (nSPS) is 12.7. The number of nitrogens with two attached hydrogens (primary N) is 1. The Labute approximate surface area is 90.4 Å². The second kappa shape index (κ2) is 9.34. The maximum Gasteiger partial charge on any atom is 0.303 e. The summed E-state index contributed by atoms with van der Waals surface area (Å²) in [4.78, 5) is 10.2. The van der Waals surface area contributed by atoms with Crippen molar-refractivity contribution in [3.63, 3.8) is 0 Å². The molecule has 0 fully saturated rings. The Balaban J connectivity index is 2.96. The second-order valence-corrected chi connectivity index (χ2v) is 4.81. The fraction of sp³-hybridized carbons (Fsp3) is 0.900. The van der Waals surface area contributed by atoms with Crippen molar-refractivity contribution in [2.45, 2.75) is 45.1 Å². The standard InChI is InChI=1S/C10H21NO2S/c1-9(11)6-8-14-7-4-2-3-5-10(12)13/h9H,2-8,11H2,1H3,(H,12,13). The topological polar surface area (TPSA) is 63.3 Å². The highest BCUT2D eigenvalue weighted by molar-refractivity contribution is 7.99. The number of carboxylic acids is 1. The lowest BCUT2D eigenvalue weighted by atomic mass is 10.2. The Morgan fingerprint density at radius 1 is 1.36 bits per heavy atom. The highest BCUT2D eigenvalue weighted by atomic mass is 32.2. The molecule has 0 aliphatic rings. The van der Waals surface area contributed by atoms with Gasteiger partial charge in [-0.3, -0.25) is 4.79 Å². The van der Waals surface area contributed by atoms with E-state index in [1.54, 1.807) is 0 Å². The number of thioether (sulfide) groups is 1. The van der Waals surface area contributed by atoms with E-state index < -0.39 is 5.97 Å². The molecule has 0 amide bonds. The minimum atomic E-state index is -0.686. The van der Waals surface area contributed by atoms with Gasteiger partial charge in [0.25, 0.3) is 0 Å². The molecule has 0 saturated carbocycles. The monoisotopic (exact) mass is 219 g/mol. The van der Waals surface area contributed by atoms with Gasteiger partial charge in [0.15, 0.2) is 0 Å². The van der Waals surface area contributed by atoms with E-state index in [-0.39, 0.29) is 0 Å². The van der Waals surface area contributed by atoms with Gasteiger partial charge in [0.05, 0.1) is 0 Å². The van der Waals surface area contributed by atoms with Crippen LogP contribution in [0.25, 0.3) is 0 Å². The third-order valence-electron chi connectivity index (χ3n) is 1.90. The summed E-state index contributed by atoms with van der Waals surface area (Å²) in [6.45, 7) is 2.02. The number of hydrogen-bond acceptors (Lipinski definition) is 3. The van der Waals surface area contributed by atoms with Gasteiger partial charge in [0.2, 0.25) is 0 Å². The third-order valence-corrected chi connectivity index (χ3v) is 3.00. The Morgan fingerprint density at radius 2 is 2.07 bits per heavy atom. The zero-order valence-electron chi connectivity index (χ0n) is 8.87. The largest absolute Gasteiger partial charge is 0.481 e. The van der Waals surface area contributed by atoms with Gasteiger partial charge in [-0.2, -0.15) is 11.8 Å². The average molecular weight is 219 g/mol. The van der Waals surface area contributed by atoms with Crippen LogP contribution in [0.4, 0.5) is 0 Å². The van der Waals surface area contributed by atoms with Crippen LogP contribution in [0.15, 0.2) is 0 Å². The SMILES string of the molecule is CC(N)CCSCCCCCC(=O)O. The highest BCUT2D eigenvalue weighted by Gasteiger charge is 1.97. The van der Waals surface area contributed by atoms with Crippen molar-refractivity contribution in [1.29, 1.82) is 0 Å². The average Bonchev–Trinajstić information content (AvgIpc) is 2.08. The predicted molar refractivity (Wildman–Crippen MR) is 61.7 cm³/mol. The molecule has 0 aromatic carbocycles. The molecule has 14 heavy (non-hydrogen) atoms. The summed E-state index contributed by atoms with van der Waals surface area (Å²) >= 11 is 1.91. The van der Waals surface area contributed by atoms with Crippen molar-refractivity contribution >= 4 is 17.7 Å². The van der Waals surface area contributed by atoms with Gasteiger partial charge in [-0.1, -0.05) is 6.42 Å². The lowest BCUT2D eigenvalue weighted by molar-refractivity contribution is -0.137.